The van der Waals surface area contributed by atoms with Crippen LogP contribution in [0.1, 0.15) is 34.6 Å². The number of carbonyl (C=O) groups excluding carboxylic acids is 2. The topological polar surface area (TPSA) is 96.3 Å². The van der Waals surface area contributed by atoms with Crippen molar-refractivity contribution in [2.75, 3.05) is 18.9 Å². The van der Waals surface area contributed by atoms with Gasteiger partial charge in [0, 0.05) is 23.7 Å². The summed E-state index contributed by atoms with van der Waals surface area (Å²) < 4.78 is 58.9. The molecule has 3 N–H and O–H groups in total. The monoisotopic (exact) mass is 552 g/mol. The number of amides is 2. The summed E-state index contributed by atoms with van der Waals surface area (Å²) in [5.41, 5.74) is 0.0912. The summed E-state index contributed by atoms with van der Waals surface area (Å²) in [6, 6.07) is 12.8. The van der Waals surface area contributed by atoms with E-state index in [1.54, 1.807) is 26.0 Å². The van der Waals surface area contributed by atoms with Crippen molar-refractivity contribution in [1.82, 2.24) is 15.6 Å². The number of carbonyl (C=O) groups is 2. The summed E-state index contributed by atoms with van der Waals surface area (Å²) in [5, 5.41) is 7.70. The molecule has 0 radical (unpaired) electrons. The standard InChI is InChI=1S/C29H24F4N4O3/c1-5-28(2,3)37-25(38)18-8-6-7-17(13-18)20-14-21-22(26(39)34-4)23(16-9-11-19(30)12-10-16)40-27(21)36-24(20)35-15-29(31,32)33/h1,6-14H,15H2,2-4H3,(H,34,39)(H,35,36)(H,37,38). The van der Waals surface area contributed by atoms with Crippen molar-refractivity contribution in [1.29, 1.82) is 0 Å². The number of anilines is 1. The van der Waals surface area contributed by atoms with E-state index in [-0.39, 0.29) is 39.4 Å². The molecule has 0 bridgehead atoms. The number of pyridine rings is 1. The average Bonchev–Trinajstić information content (AvgIpc) is 3.29. The van der Waals surface area contributed by atoms with Crippen molar-refractivity contribution >= 4 is 28.7 Å². The zero-order chi connectivity index (χ0) is 29.2. The van der Waals surface area contributed by atoms with E-state index in [0.29, 0.717) is 11.1 Å². The molecule has 2 amide bonds. The SMILES string of the molecule is C#CC(C)(C)NC(=O)c1cccc(-c2cc3c(C(=O)NC)c(-c4ccc(F)cc4)oc3nc2NCC(F)(F)F)c1. The molecule has 4 aromatic rings. The third kappa shape index (κ3) is 6.07. The molecule has 7 nitrogen and oxygen atoms in total. The molecule has 4 rings (SSSR count). The molecule has 0 fully saturated rings. The van der Waals surface area contributed by atoms with E-state index in [1.807, 2.05) is 0 Å². The van der Waals surface area contributed by atoms with Crippen LogP contribution in [0.4, 0.5) is 23.4 Å². The second kappa shape index (κ2) is 10.7. The number of nitrogens with zero attached hydrogens (tertiary/aromatic N) is 1. The number of hydrogen-bond donors (Lipinski definition) is 3. The first-order valence-corrected chi connectivity index (χ1v) is 12.0. The van der Waals surface area contributed by atoms with Crippen LogP contribution in [0.5, 0.6) is 0 Å². The molecule has 0 saturated heterocycles. The lowest BCUT2D eigenvalue weighted by molar-refractivity contribution is -0.115. The molecule has 0 spiro atoms. The third-order valence-electron chi connectivity index (χ3n) is 5.92. The first-order valence-electron chi connectivity index (χ1n) is 12.0. The van der Waals surface area contributed by atoms with Crippen LogP contribution in [0.3, 0.4) is 0 Å². The number of nitrogens with one attached hydrogen (secondary N) is 3. The molecule has 0 aliphatic heterocycles. The van der Waals surface area contributed by atoms with Gasteiger partial charge in [-0.25, -0.2) is 4.39 Å². The van der Waals surface area contributed by atoms with Crippen LogP contribution in [-0.2, 0) is 0 Å². The molecule has 0 aliphatic carbocycles. The van der Waals surface area contributed by atoms with E-state index in [2.05, 4.69) is 26.9 Å². The Bertz CT molecular complexity index is 1630. The van der Waals surface area contributed by atoms with Gasteiger partial charge in [0.25, 0.3) is 11.8 Å². The van der Waals surface area contributed by atoms with Crippen LogP contribution < -0.4 is 16.0 Å². The second-order valence-corrected chi connectivity index (χ2v) is 9.40. The smallest absolute Gasteiger partial charge is 0.405 e. The lowest BCUT2D eigenvalue weighted by atomic mass is 9.99. The highest BCUT2D eigenvalue weighted by Crippen LogP contribution is 2.38. The van der Waals surface area contributed by atoms with E-state index in [1.165, 1.54) is 49.5 Å². The minimum absolute atomic E-state index is 0.0601. The fourth-order valence-corrected chi connectivity index (χ4v) is 3.94. The average molecular weight is 553 g/mol. The zero-order valence-corrected chi connectivity index (χ0v) is 21.7. The highest BCUT2D eigenvalue weighted by molar-refractivity contribution is 6.11. The number of rotatable bonds is 7. The predicted molar refractivity (Wildman–Crippen MR) is 143 cm³/mol. The van der Waals surface area contributed by atoms with Crippen molar-refractivity contribution in [3.63, 3.8) is 0 Å². The molecule has 0 aliphatic rings. The number of alkyl halides is 3. The maximum Gasteiger partial charge on any atom is 0.405 e. The van der Waals surface area contributed by atoms with Crippen molar-refractivity contribution in [3.8, 4) is 34.8 Å². The molecule has 40 heavy (non-hydrogen) atoms. The fourth-order valence-electron chi connectivity index (χ4n) is 3.94. The molecular weight excluding hydrogens is 528 g/mol. The Morgan fingerprint density at radius 1 is 1.02 bits per heavy atom. The van der Waals surface area contributed by atoms with E-state index in [9.17, 15) is 27.2 Å². The molecule has 0 atom stereocenters. The van der Waals surface area contributed by atoms with Gasteiger partial charge < -0.3 is 20.4 Å². The van der Waals surface area contributed by atoms with Crippen LogP contribution in [0.2, 0.25) is 0 Å². The van der Waals surface area contributed by atoms with Crippen molar-refractivity contribution < 1.29 is 31.6 Å². The van der Waals surface area contributed by atoms with Crippen molar-refractivity contribution in [3.05, 3.63) is 71.5 Å². The maximum atomic E-state index is 13.5. The summed E-state index contributed by atoms with van der Waals surface area (Å²) in [5.74, 6) is 0.793. The largest absolute Gasteiger partial charge is 0.437 e. The summed E-state index contributed by atoms with van der Waals surface area (Å²) >= 11 is 0. The molecule has 11 heteroatoms. The van der Waals surface area contributed by atoms with E-state index in [0.717, 1.165) is 0 Å². The molecular formula is C29H24F4N4O3. The number of hydrogen-bond acceptors (Lipinski definition) is 5. The van der Waals surface area contributed by atoms with E-state index >= 15 is 0 Å². The second-order valence-electron chi connectivity index (χ2n) is 9.40. The highest BCUT2D eigenvalue weighted by Gasteiger charge is 2.29. The molecule has 2 aromatic heterocycles. The van der Waals surface area contributed by atoms with Crippen LogP contribution in [0.15, 0.2) is 59.0 Å². The van der Waals surface area contributed by atoms with Gasteiger partial charge in [0.2, 0.25) is 5.71 Å². The van der Waals surface area contributed by atoms with Gasteiger partial charge in [-0.1, -0.05) is 18.1 Å². The van der Waals surface area contributed by atoms with Crippen molar-refractivity contribution in [2.24, 2.45) is 0 Å². The quantitative estimate of drug-likeness (QED) is 0.200. The van der Waals surface area contributed by atoms with E-state index < -0.39 is 35.9 Å². The van der Waals surface area contributed by atoms with Gasteiger partial charge in [0.1, 0.15) is 23.9 Å². The first-order chi connectivity index (χ1) is 18.8. The first kappa shape index (κ1) is 28.2. The highest BCUT2D eigenvalue weighted by atomic mass is 19.4. The summed E-state index contributed by atoms with van der Waals surface area (Å²) in [6.45, 7) is 1.89. The van der Waals surface area contributed by atoms with Crippen LogP contribution >= 0.6 is 0 Å². The number of benzene rings is 2. The number of furan rings is 1. The van der Waals surface area contributed by atoms with Crippen LogP contribution in [0.25, 0.3) is 33.6 Å². The molecule has 0 unspecified atom stereocenters. The van der Waals surface area contributed by atoms with Crippen molar-refractivity contribution in [2.45, 2.75) is 25.6 Å². The fraction of sp³-hybridized carbons (Fsp3) is 0.207. The third-order valence-corrected chi connectivity index (χ3v) is 5.92. The summed E-state index contributed by atoms with van der Waals surface area (Å²) in [4.78, 5) is 30.1. The van der Waals surface area contributed by atoms with Gasteiger partial charge in [-0.2, -0.15) is 18.2 Å². The maximum absolute atomic E-state index is 13.5. The number of terminal acetylenes is 1. The number of fused-ring (bicyclic) bond motifs is 1. The number of halogens is 4. The summed E-state index contributed by atoms with van der Waals surface area (Å²) in [6.07, 6.45) is 0.900. The minimum Gasteiger partial charge on any atom is -0.437 e. The van der Waals surface area contributed by atoms with Gasteiger partial charge in [-0.15, -0.1) is 6.42 Å². The van der Waals surface area contributed by atoms with Gasteiger partial charge in [-0.05, 0) is 61.9 Å². The Morgan fingerprint density at radius 3 is 2.35 bits per heavy atom. The Kier molecular flexibility index (Phi) is 7.55. The molecule has 0 saturated carbocycles. The Hall–Kier alpha value is -4.85. The molecule has 2 aromatic carbocycles. The Balaban J connectivity index is 1.92. The summed E-state index contributed by atoms with van der Waals surface area (Å²) in [7, 11) is 1.41. The van der Waals surface area contributed by atoms with Gasteiger partial charge in [0.05, 0.1) is 16.5 Å². The predicted octanol–water partition coefficient (Wildman–Crippen LogP) is 5.78. The van der Waals surface area contributed by atoms with Gasteiger partial charge in [0.15, 0.2) is 0 Å². The van der Waals surface area contributed by atoms with Crippen LogP contribution in [-0.4, -0.2) is 42.1 Å². The lowest BCUT2D eigenvalue weighted by Crippen LogP contribution is -2.42. The van der Waals surface area contributed by atoms with Crippen LogP contribution in [0, 0.1) is 18.2 Å². The normalized spacial score (nSPS) is 11.7. The molecule has 2 heterocycles. The Morgan fingerprint density at radius 2 is 1.73 bits per heavy atom. The lowest BCUT2D eigenvalue weighted by Gasteiger charge is -2.20. The Labute approximate surface area is 227 Å². The van der Waals surface area contributed by atoms with Gasteiger partial charge in [-0.3, -0.25) is 9.59 Å². The zero-order valence-electron chi connectivity index (χ0n) is 21.7. The van der Waals surface area contributed by atoms with E-state index in [4.69, 9.17) is 10.8 Å². The van der Waals surface area contributed by atoms with Gasteiger partial charge >= 0.3 is 6.18 Å². The molecule has 206 valence electrons. The minimum atomic E-state index is -4.56. The number of aromatic nitrogens is 1.